The van der Waals surface area contributed by atoms with Crippen molar-refractivity contribution in [1.29, 1.82) is 5.26 Å². The topological polar surface area (TPSA) is 23.8 Å². The molecule has 0 N–H and O–H groups in total. The predicted molar refractivity (Wildman–Crippen MR) is 58.6 cm³/mol. The molecule has 0 atom stereocenters. The maximum Gasteiger partial charge on any atom is 0.0994 e. The van der Waals surface area contributed by atoms with Gasteiger partial charge >= 0.3 is 0 Å². The predicted octanol–water partition coefficient (Wildman–Crippen LogP) is 3.92. The maximum atomic E-state index is 8.47. The number of nitrogens with zero attached hydrogens (tertiary/aromatic N) is 1. The molecule has 1 nitrogen and oxygen atoms in total. The van der Waals surface area contributed by atoms with Gasteiger partial charge in [0.2, 0.25) is 0 Å². The fourth-order valence-electron chi connectivity index (χ4n) is 0.698. The first-order valence-corrected chi connectivity index (χ1v) is 4.80. The number of rotatable bonds is 0. The number of nitriles is 1. The number of aryl methyl sites for hydroxylation is 1. The average molecular weight is 177 g/mol. The van der Waals surface area contributed by atoms with Crippen LogP contribution in [0.15, 0.2) is 24.3 Å². The second-order valence-corrected chi connectivity index (χ2v) is 1.93. The Hall–Kier alpha value is -1.29. The van der Waals surface area contributed by atoms with E-state index in [1.165, 1.54) is 0 Å². The van der Waals surface area contributed by atoms with E-state index in [1.54, 1.807) is 0 Å². The molecule has 0 heterocycles. The third kappa shape index (κ3) is 5.93. The summed E-state index contributed by atoms with van der Waals surface area (Å²) in [6.07, 6.45) is 0. The third-order valence-electron chi connectivity index (χ3n) is 1.27. The summed E-state index contributed by atoms with van der Waals surface area (Å²) in [4.78, 5) is 0. The molecule has 1 aromatic rings. The summed E-state index contributed by atoms with van der Waals surface area (Å²) < 4.78 is 0. The summed E-state index contributed by atoms with van der Waals surface area (Å²) in [6.45, 7) is 9.93. The van der Waals surface area contributed by atoms with Gasteiger partial charge in [0.15, 0.2) is 0 Å². The van der Waals surface area contributed by atoms with Gasteiger partial charge in [0.1, 0.15) is 0 Å². The average Bonchev–Trinajstić information content (AvgIpc) is 2.24. The molecule has 0 aliphatic carbocycles. The van der Waals surface area contributed by atoms with Gasteiger partial charge in [-0.15, -0.1) is 0 Å². The van der Waals surface area contributed by atoms with Crippen LogP contribution < -0.4 is 0 Å². The zero-order valence-corrected chi connectivity index (χ0v) is 9.26. The Labute approximate surface area is 82.0 Å². The second-order valence-electron chi connectivity index (χ2n) is 1.93. The van der Waals surface area contributed by atoms with Crippen LogP contribution in [-0.4, -0.2) is 0 Å². The first-order valence-electron chi connectivity index (χ1n) is 4.80. The van der Waals surface area contributed by atoms with Crippen molar-refractivity contribution in [1.82, 2.24) is 0 Å². The minimum atomic E-state index is 0.762. The summed E-state index contributed by atoms with van der Waals surface area (Å²) in [5, 5.41) is 8.47. The van der Waals surface area contributed by atoms with Crippen molar-refractivity contribution >= 4 is 0 Å². The monoisotopic (exact) mass is 177 g/mol. The van der Waals surface area contributed by atoms with E-state index >= 15 is 0 Å². The summed E-state index contributed by atoms with van der Waals surface area (Å²) >= 11 is 0. The van der Waals surface area contributed by atoms with Crippen molar-refractivity contribution in [2.24, 2.45) is 0 Å². The molecule has 72 valence electrons. The molecule has 1 heteroatoms. The molecule has 0 fully saturated rings. The van der Waals surface area contributed by atoms with Crippen LogP contribution in [0.25, 0.3) is 0 Å². The summed E-state index contributed by atoms with van der Waals surface area (Å²) in [5.74, 6) is 0. The smallest absolute Gasteiger partial charge is 0.0994 e. The van der Waals surface area contributed by atoms with Gasteiger partial charge in [0.05, 0.1) is 11.6 Å². The fourth-order valence-corrected chi connectivity index (χ4v) is 0.698. The van der Waals surface area contributed by atoms with E-state index in [2.05, 4.69) is 6.07 Å². The molecule has 0 aliphatic heterocycles. The molecule has 0 spiro atoms. The summed E-state index contributed by atoms with van der Waals surface area (Å²) in [6, 6.07) is 9.63. The van der Waals surface area contributed by atoms with Crippen molar-refractivity contribution in [3.63, 3.8) is 0 Å². The second kappa shape index (κ2) is 10.7. The molecule has 0 unspecified atom stereocenters. The van der Waals surface area contributed by atoms with Gasteiger partial charge in [-0.2, -0.15) is 5.26 Å². The lowest BCUT2D eigenvalue weighted by atomic mass is 10.1. The van der Waals surface area contributed by atoms with Gasteiger partial charge in [-0.05, 0) is 18.6 Å². The quantitative estimate of drug-likeness (QED) is 0.589. The van der Waals surface area contributed by atoms with E-state index in [-0.39, 0.29) is 0 Å². The Bertz CT molecular complexity index is 246. The summed E-state index contributed by atoms with van der Waals surface area (Å²) in [5.41, 5.74) is 1.80. The highest BCUT2D eigenvalue weighted by atomic mass is 14.2. The minimum Gasteiger partial charge on any atom is -0.192 e. The van der Waals surface area contributed by atoms with Crippen LogP contribution in [0, 0.1) is 18.3 Å². The van der Waals surface area contributed by atoms with Crippen LogP contribution in [0.1, 0.15) is 38.8 Å². The molecule has 0 aromatic heterocycles. The molecular weight excluding hydrogens is 158 g/mol. The molecule has 1 rings (SSSR count). The van der Waals surface area contributed by atoms with Crippen LogP contribution in [0.3, 0.4) is 0 Å². The van der Waals surface area contributed by atoms with Gasteiger partial charge in [-0.3, -0.25) is 0 Å². The molecule has 0 amide bonds. The van der Waals surface area contributed by atoms with Crippen molar-refractivity contribution in [2.45, 2.75) is 34.6 Å². The van der Waals surface area contributed by atoms with E-state index in [4.69, 9.17) is 5.26 Å². The van der Waals surface area contributed by atoms with Gasteiger partial charge < -0.3 is 0 Å². The lowest BCUT2D eigenvalue weighted by Gasteiger charge is -1.90. The molecule has 1 aromatic carbocycles. The highest BCUT2D eigenvalue weighted by molar-refractivity contribution is 5.35. The first kappa shape index (κ1) is 14.2. The summed E-state index contributed by atoms with van der Waals surface area (Å²) in [7, 11) is 0. The molecule has 0 aliphatic rings. The van der Waals surface area contributed by atoms with Gasteiger partial charge in [0.25, 0.3) is 0 Å². The van der Waals surface area contributed by atoms with Crippen molar-refractivity contribution in [3.05, 3.63) is 35.4 Å². The van der Waals surface area contributed by atoms with Gasteiger partial charge in [-0.25, -0.2) is 0 Å². The van der Waals surface area contributed by atoms with Crippen LogP contribution in [0.4, 0.5) is 0 Å². The van der Waals surface area contributed by atoms with Crippen LogP contribution in [-0.2, 0) is 0 Å². The molecule has 0 saturated heterocycles. The van der Waals surface area contributed by atoms with Crippen LogP contribution in [0.5, 0.6) is 0 Å². The highest BCUT2D eigenvalue weighted by Crippen LogP contribution is 2.03. The fraction of sp³-hybridized carbons (Fsp3) is 0.417. The van der Waals surface area contributed by atoms with Crippen LogP contribution in [0.2, 0.25) is 0 Å². The van der Waals surface area contributed by atoms with E-state index in [1.807, 2.05) is 58.9 Å². The maximum absolute atomic E-state index is 8.47. The Kier molecular flexibility index (Phi) is 11.7. The first-order chi connectivity index (χ1) is 6.34. The molecule has 0 saturated carbocycles. The zero-order valence-electron chi connectivity index (χ0n) is 9.26. The Morgan fingerprint density at radius 3 is 1.77 bits per heavy atom. The van der Waals surface area contributed by atoms with Crippen LogP contribution >= 0.6 is 0 Å². The van der Waals surface area contributed by atoms with Gasteiger partial charge in [0, 0.05) is 0 Å². The Balaban J connectivity index is 0. The SMILES string of the molecule is CC.CC.Cc1ccccc1C#N. The van der Waals surface area contributed by atoms with Gasteiger partial charge in [-0.1, -0.05) is 45.9 Å². The number of hydrogen-bond donors (Lipinski definition) is 0. The zero-order chi connectivity index (χ0) is 10.7. The van der Waals surface area contributed by atoms with Crippen molar-refractivity contribution in [2.75, 3.05) is 0 Å². The molecule has 13 heavy (non-hydrogen) atoms. The highest BCUT2D eigenvalue weighted by Gasteiger charge is 1.89. The molecule has 0 bridgehead atoms. The minimum absolute atomic E-state index is 0.762. The standard InChI is InChI=1S/C8H7N.2C2H6/c1-7-4-2-3-5-8(7)6-9;2*1-2/h2-5H,1H3;2*1-2H3. The van der Waals surface area contributed by atoms with Crippen molar-refractivity contribution in [3.8, 4) is 6.07 Å². The third-order valence-corrected chi connectivity index (χ3v) is 1.27. The van der Waals surface area contributed by atoms with E-state index in [0.29, 0.717) is 0 Å². The van der Waals surface area contributed by atoms with E-state index in [0.717, 1.165) is 11.1 Å². The molecule has 0 radical (unpaired) electrons. The lowest BCUT2D eigenvalue weighted by molar-refractivity contribution is 1.39. The Morgan fingerprint density at radius 1 is 1.00 bits per heavy atom. The van der Waals surface area contributed by atoms with E-state index in [9.17, 15) is 0 Å². The number of benzene rings is 1. The van der Waals surface area contributed by atoms with Crippen molar-refractivity contribution < 1.29 is 0 Å². The molecular formula is C12H19N. The van der Waals surface area contributed by atoms with E-state index < -0.39 is 0 Å². The lowest BCUT2D eigenvalue weighted by Crippen LogP contribution is -1.77. The number of hydrogen-bond acceptors (Lipinski definition) is 1. The largest absolute Gasteiger partial charge is 0.192 e. The normalized spacial score (nSPS) is 6.77. The Morgan fingerprint density at radius 2 is 1.46 bits per heavy atom.